The Morgan fingerprint density at radius 3 is 0.706 bits per heavy atom. The monoisotopic (exact) mass is 1550 g/mol. The third-order valence-electron chi connectivity index (χ3n) is 26.4. The van der Waals surface area contributed by atoms with E-state index in [4.69, 9.17) is 0 Å². The summed E-state index contributed by atoms with van der Waals surface area (Å²) in [5, 5.41) is 34.0. The van der Waals surface area contributed by atoms with E-state index < -0.39 is 0 Å². The fraction of sp³-hybridized carbons (Fsp3) is 0.340. The van der Waals surface area contributed by atoms with E-state index in [0.29, 0.717) is 0 Å². The summed E-state index contributed by atoms with van der Waals surface area (Å²) in [5.74, 6) is 0. The molecule has 2 aliphatic rings. The molecule has 0 saturated carbocycles. The van der Waals surface area contributed by atoms with Crippen LogP contribution in [-0.2, 0) is 10.8 Å². The van der Waals surface area contributed by atoms with Gasteiger partial charge in [0.2, 0.25) is 0 Å². The van der Waals surface area contributed by atoms with Gasteiger partial charge in [-0.05, 0) is 328 Å². The minimum Gasteiger partial charge on any atom is -0.0654 e. The largest absolute Gasteiger partial charge is 0.0654 e. The lowest BCUT2D eigenvalue weighted by Crippen LogP contribution is -2.25. The Balaban J connectivity index is 0.835. The highest BCUT2D eigenvalue weighted by Crippen LogP contribution is 2.63. The van der Waals surface area contributed by atoms with E-state index in [1.165, 1.54) is 361 Å². The summed E-state index contributed by atoms with van der Waals surface area (Å²) in [6.07, 6.45) is 36.5. The van der Waals surface area contributed by atoms with Crippen LogP contribution in [0.3, 0.4) is 0 Å². The van der Waals surface area contributed by atoms with Crippen LogP contribution in [0.5, 0.6) is 0 Å². The van der Waals surface area contributed by atoms with E-state index >= 15 is 0 Å². The van der Waals surface area contributed by atoms with Gasteiger partial charge in [0.05, 0.1) is 0 Å². The van der Waals surface area contributed by atoms with Gasteiger partial charge in [0.15, 0.2) is 0 Å². The molecule has 0 radical (unpaired) electrons. The topological polar surface area (TPSA) is 0 Å². The predicted molar refractivity (Wildman–Crippen MR) is 464 cm³/mol. The third-order valence-corrected chi connectivity index (χ3v) is 27.8. The Morgan fingerprint density at radius 2 is 0.431 bits per heavy atom. The molecule has 0 bridgehead atoms. The molecule has 0 heterocycles. The summed E-state index contributed by atoms with van der Waals surface area (Å²) >= 11 is 5.21. The quantitative estimate of drug-likeness (QED) is 0.0182. The van der Waals surface area contributed by atoms with Crippen LogP contribution >= 0.6 is 45.2 Å². The molecule has 0 nitrogen and oxygen atoms in total. The molecule has 17 aromatic rings. The van der Waals surface area contributed by atoms with Crippen molar-refractivity contribution in [3.05, 3.63) is 199 Å². The lowest BCUT2D eigenvalue weighted by atomic mass is 9.70. The predicted octanol–water partition coefficient (Wildman–Crippen LogP) is 32.2. The molecule has 2 aliphatic carbocycles. The lowest BCUT2D eigenvalue weighted by molar-refractivity contribution is 0.398. The smallest absolute Gasteiger partial charge is 0.0215 e. The molecule has 0 unspecified atom stereocenters. The second-order valence-electron chi connectivity index (χ2n) is 32.2. The molecule has 2 heteroatoms. The molecular weight excluding hydrogens is 1450 g/mol. The zero-order valence-electron chi connectivity index (χ0n) is 60.7. The van der Waals surface area contributed by atoms with E-state index in [2.05, 4.69) is 243 Å². The minimum atomic E-state index is -0.00985. The van der Waals surface area contributed by atoms with Gasteiger partial charge < -0.3 is 0 Å². The molecule has 102 heavy (non-hydrogen) atoms. The average molecular weight is 1550 g/mol. The van der Waals surface area contributed by atoms with Crippen molar-refractivity contribution in [3.63, 3.8) is 0 Å². The van der Waals surface area contributed by atoms with Crippen LogP contribution in [0.15, 0.2) is 170 Å². The van der Waals surface area contributed by atoms with Gasteiger partial charge in [-0.1, -0.05) is 291 Å². The molecular formula is C100H96I2. The first kappa shape index (κ1) is 65.6. The molecule has 0 fully saturated rings. The number of unbranched alkanes of at least 4 members (excludes halogenated alkanes) is 20. The highest BCUT2D eigenvalue weighted by Gasteiger charge is 2.45. The Labute approximate surface area is 631 Å². The molecule has 510 valence electrons. The van der Waals surface area contributed by atoms with Gasteiger partial charge in [0, 0.05) is 18.0 Å². The highest BCUT2D eigenvalue weighted by atomic mass is 127. The van der Waals surface area contributed by atoms with Gasteiger partial charge in [-0.25, -0.2) is 0 Å². The van der Waals surface area contributed by atoms with Crippen LogP contribution in [0.1, 0.15) is 230 Å². The van der Waals surface area contributed by atoms with Gasteiger partial charge >= 0.3 is 0 Å². The normalized spacial score (nSPS) is 14.3. The van der Waals surface area contributed by atoms with Crippen molar-refractivity contribution in [2.24, 2.45) is 0 Å². The zero-order valence-corrected chi connectivity index (χ0v) is 65.0. The maximum Gasteiger partial charge on any atom is 0.0215 e. The van der Waals surface area contributed by atoms with Crippen LogP contribution in [0.25, 0.3) is 174 Å². The molecule has 19 rings (SSSR count). The maximum absolute atomic E-state index is 2.72. The fourth-order valence-corrected chi connectivity index (χ4v) is 22.8. The molecule has 0 N–H and O–H groups in total. The second kappa shape index (κ2) is 26.5. The first-order valence-electron chi connectivity index (χ1n) is 40.4. The second-order valence-corrected chi connectivity index (χ2v) is 34.7. The number of hydrogen-bond donors (Lipinski definition) is 0. The first-order chi connectivity index (χ1) is 50.3. The van der Waals surface area contributed by atoms with Crippen molar-refractivity contribution < 1.29 is 0 Å². The number of hydrogen-bond acceptors (Lipinski definition) is 0. The number of rotatable bonds is 30. The minimum absolute atomic E-state index is 0.00985. The van der Waals surface area contributed by atoms with Crippen LogP contribution in [0.2, 0.25) is 0 Å². The number of halogens is 2. The van der Waals surface area contributed by atoms with Gasteiger partial charge in [-0.2, -0.15) is 0 Å². The van der Waals surface area contributed by atoms with Crippen molar-refractivity contribution in [2.45, 2.75) is 218 Å². The summed E-state index contributed by atoms with van der Waals surface area (Å²) in [7, 11) is 0. The number of fused-ring (bicyclic) bond motifs is 12. The van der Waals surface area contributed by atoms with Crippen LogP contribution in [-0.4, -0.2) is 0 Å². The molecule has 0 atom stereocenters. The summed E-state index contributed by atoms with van der Waals surface area (Å²) < 4.78 is 2.72. The standard InChI is InChI=1S/C100H96I2/c1-5-9-13-17-21-25-49-99(50-26-22-18-14-10-6-2)83-57-61(41-45-67(83)69-47-43-65(101)59-85(69)99)63-53-79-75-37-29-33-71-73-35-31-39-77-81-55-64(62-42-46-68-70-48-44-66(102)60-86(70)100(84(68)58-62,51-27-23-19-15-11-7-3)52-28-24-20-16-12-8-4)56-82-78-40-32-36-74-72-34-30-38-76-80(54-63)91(79)97-93(87(71)75)95(89(73)77)98(92(81)82)96(90(74)78)94(97)88(72)76/h29-48,53-60H,5-28,49-52H2,1-4H3. The fourth-order valence-electron chi connectivity index (χ4n) is 21.8. The highest BCUT2D eigenvalue weighted by molar-refractivity contribution is 14.1. The zero-order chi connectivity index (χ0) is 68.5. The first-order valence-corrected chi connectivity index (χ1v) is 42.5. The molecule has 0 saturated heterocycles. The van der Waals surface area contributed by atoms with Crippen molar-refractivity contribution in [1.82, 2.24) is 0 Å². The van der Waals surface area contributed by atoms with Gasteiger partial charge in [0.25, 0.3) is 0 Å². The summed E-state index contributed by atoms with van der Waals surface area (Å²) in [6.45, 7) is 9.39. The van der Waals surface area contributed by atoms with E-state index in [0.717, 1.165) is 0 Å². The Kier molecular flexibility index (Phi) is 17.0. The SMILES string of the molecule is CCCCCCCCC1(CCCCCCCC)c2cc(I)ccc2-c2ccc(-c3cc4c5cccc6c7cccc8c9cc(-c%10ccc%11c(c%10)C(CCCCCCCC)(CCCCCCCC)c%10cc(I)ccc%10-%11)cc%10c%11cccc%12c%13cccc%14c(c3)c4c3c(c65)c(c78)c(c9%10)c(c%12%11)c3c%13%14)cc21. The van der Waals surface area contributed by atoms with Crippen molar-refractivity contribution >= 4 is 174 Å². The lowest BCUT2D eigenvalue weighted by Gasteiger charge is -2.33. The molecule has 0 spiro atoms. The van der Waals surface area contributed by atoms with Crippen LogP contribution < -0.4 is 0 Å². The Hall–Kier alpha value is -7.12. The van der Waals surface area contributed by atoms with Crippen molar-refractivity contribution in [3.8, 4) is 44.5 Å². The summed E-state index contributed by atoms with van der Waals surface area (Å²) in [5.41, 5.74) is 17.6. The van der Waals surface area contributed by atoms with Crippen molar-refractivity contribution in [2.75, 3.05) is 0 Å². The van der Waals surface area contributed by atoms with E-state index in [9.17, 15) is 0 Å². The van der Waals surface area contributed by atoms with Crippen LogP contribution in [0.4, 0.5) is 0 Å². The third kappa shape index (κ3) is 9.94. The van der Waals surface area contributed by atoms with E-state index in [1.54, 1.807) is 22.3 Å². The van der Waals surface area contributed by atoms with Crippen LogP contribution in [0, 0.1) is 7.14 Å². The molecule has 0 aromatic heterocycles. The number of benzene rings is 17. The van der Waals surface area contributed by atoms with Gasteiger partial charge in [0.1, 0.15) is 0 Å². The summed E-state index contributed by atoms with van der Waals surface area (Å²) in [4.78, 5) is 0. The maximum atomic E-state index is 2.72. The molecule has 17 aromatic carbocycles. The van der Waals surface area contributed by atoms with E-state index in [-0.39, 0.29) is 10.8 Å². The molecule has 0 amide bonds. The van der Waals surface area contributed by atoms with E-state index in [1.807, 2.05) is 0 Å². The van der Waals surface area contributed by atoms with Crippen molar-refractivity contribution in [1.29, 1.82) is 0 Å². The average Bonchev–Trinajstić information content (AvgIpc) is 0.810. The Morgan fingerprint density at radius 1 is 0.206 bits per heavy atom. The van der Waals surface area contributed by atoms with Gasteiger partial charge in [-0.15, -0.1) is 0 Å². The van der Waals surface area contributed by atoms with Gasteiger partial charge in [-0.3, -0.25) is 0 Å². The summed E-state index contributed by atoms with van der Waals surface area (Å²) in [6, 6.07) is 70.6. The Bertz CT molecular complexity index is 5380. The molecule has 0 aliphatic heterocycles.